The van der Waals surface area contributed by atoms with Crippen LogP contribution in [0.25, 0.3) is 0 Å². The molecule has 0 bridgehead atoms. The predicted octanol–water partition coefficient (Wildman–Crippen LogP) is 1.11. The Morgan fingerprint density at radius 2 is 1.91 bits per heavy atom. The van der Waals surface area contributed by atoms with Gasteiger partial charge in [-0.3, -0.25) is 0 Å². The van der Waals surface area contributed by atoms with E-state index in [1.54, 1.807) is 0 Å². The normalized spacial score (nSPS) is 24.9. The molecule has 1 N–H and O–H groups in total. The molecule has 23 heavy (non-hydrogen) atoms. The van der Waals surface area contributed by atoms with Crippen LogP contribution in [-0.2, 0) is 16.4 Å². The molecule has 0 spiro atoms. The molecular formula is C17H27N3O2S. The van der Waals surface area contributed by atoms with Crippen LogP contribution >= 0.6 is 0 Å². The van der Waals surface area contributed by atoms with Crippen molar-refractivity contribution in [2.45, 2.75) is 25.9 Å². The third kappa shape index (κ3) is 4.25. The number of likely N-dealkylation sites (N-methyl/N-ethyl adjacent to an activating group) is 1. The van der Waals surface area contributed by atoms with Crippen molar-refractivity contribution in [3.63, 3.8) is 0 Å². The molecule has 2 fully saturated rings. The number of hydrogen-bond acceptors (Lipinski definition) is 5. The van der Waals surface area contributed by atoms with Gasteiger partial charge in [-0.25, -0.2) is 8.42 Å². The maximum Gasteiger partial charge on any atom is 0.151 e. The molecule has 0 radical (unpaired) electrons. The molecule has 1 unspecified atom stereocenters. The summed E-state index contributed by atoms with van der Waals surface area (Å²) in [4.78, 5) is 4.93. The molecule has 0 amide bonds. The fourth-order valence-electron chi connectivity index (χ4n) is 3.48. The molecule has 2 saturated heterocycles. The lowest BCUT2D eigenvalue weighted by Gasteiger charge is -2.36. The van der Waals surface area contributed by atoms with Gasteiger partial charge in [0.2, 0.25) is 0 Å². The molecule has 0 aromatic heterocycles. The van der Waals surface area contributed by atoms with Gasteiger partial charge < -0.3 is 15.1 Å². The summed E-state index contributed by atoms with van der Waals surface area (Å²) in [6, 6.07) is 8.59. The van der Waals surface area contributed by atoms with E-state index in [0.29, 0.717) is 5.75 Å². The van der Waals surface area contributed by atoms with Gasteiger partial charge >= 0.3 is 0 Å². The summed E-state index contributed by atoms with van der Waals surface area (Å²) in [6.07, 6.45) is 0.736. The van der Waals surface area contributed by atoms with Gasteiger partial charge in [0.25, 0.3) is 0 Å². The molecule has 1 atom stereocenters. The number of anilines is 1. The highest BCUT2D eigenvalue weighted by molar-refractivity contribution is 7.91. The summed E-state index contributed by atoms with van der Waals surface area (Å²) in [5.74, 6) is 0.607. The topological polar surface area (TPSA) is 52.6 Å². The van der Waals surface area contributed by atoms with Gasteiger partial charge in [0.05, 0.1) is 11.5 Å². The number of nitrogens with one attached hydrogen (secondary N) is 1. The number of hydrogen-bond donors (Lipinski definition) is 1. The highest BCUT2D eigenvalue weighted by Gasteiger charge is 2.27. The third-order valence-electron chi connectivity index (χ3n) is 4.97. The molecule has 1 aromatic carbocycles. The summed E-state index contributed by atoms with van der Waals surface area (Å²) in [5.41, 5.74) is 2.55. The number of para-hydroxylation sites is 1. The van der Waals surface area contributed by atoms with E-state index in [4.69, 9.17) is 0 Å². The number of benzene rings is 1. The van der Waals surface area contributed by atoms with Gasteiger partial charge in [-0.2, -0.15) is 0 Å². The minimum atomic E-state index is -2.82. The zero-order valence-electron chi connectivity index (χ0n) is 13.9. The standard InChI is InChI=1S/C17H27N3O2S/c1-2-19-8-10-20(11-9-19)17-6-4-3-5-15(17)13-18-16-7-12-23(21,22)14-16/h3-6,16,18H,2,7-14H2,1H3. The lowest BCUT2D eigenvalue weighted by Crippen LogP contribution is -2.46. The Hall–Kier alpha value is -1.11. The highest BCUT2D eigenvalue weighted by Crippen LogP contribution is 2.22. The Kier molecular flexibility index (Phi) is 5.24. The molecule has 2 aliphatic heterocycles. The number of rotatable bonds is 5. The van der Waals surface area contributed by atoms with Crippen LogP contribution in [0, 0.1) is 0 Å². The number of sulfone groups is 1. The van der Waals surface area contributed by atoms with Crippen molar-refractivity contribution in [1.82, 2.24) is 10.2 Å². The van der Waals surface area contributed by atoms with Crippen LogP contribution in [0.15, 0.2) is 24.3 Å². The quantitative estimate of drug-likeness (QED) is 0.872. The van der Waals surface area contributed by atoms with Gasteiger partial charge in [0.15, 0.2) is 9.84 Å². The van der Waals surface area contributed by atoms with Gasteiger partial charge in [0, 0.05) is 44.5 Å². The average molecular weight is 337 g/mol. The molecule has 2 aliphatic rings. The zero-order chi connectivity index (χ0) is 16.3. The van der Waals surface area contributed by atoms with Crippen LogP contribution in [0.4, 0.5) is 5.69 Å². The monoisotopic (exact) mass is 337 g/mol. The van der Waals surface area contributed by atoms with Crippen molar-refractivity contribution in [3.05, 3.63) is 29.8 Å². The lowest BCUT2D eigenvalue weighted by atomic mass is 10.1. The zero-order valence-corrected chi connectivity index (χ0v) is 14.7. The van der Waals surface area contributed by atoms with Crippen LogP contribution in [0.5, 0.6) is 0 Å². The second kappa shape index (κ2) is 7.20. The summed E-state index contributed by atoms with van der Waals surface area (Å²) in [5, 5.41) is 3.44. The van der Waals surface area contributed by atoms with Crippen LogP contribution in [0.2, 0.25) is 0 Å². The minimum Gasteiger partial charge on any atom is -0.369 e. The summed E-state index contributed by atoms with van der Waals surface area (Å²) in [7, 11) is -2.82. The fraction of sp³-hybridized carbons (Fsp3) is 0.647. The molecular weight excluding hydrogens is 310 g/mol. The number of nitrogens with zero attached hydrogens (tertiary/aromatic N) is 2. The largest absolute Gasteiger partial charge is 0.369 e. The Bertz CT molecular complexity index is 624. The van der Waals surface area contributed by atoms with E-state index in [1.807, 2.05) is 0 Å². The molecule has 128 valence electrons. The van der Waals surface area contributed by atoms with E-state index in [2.05, 4.69) is 46.3 Å². The van der Waals surface area contributed by atoms with Gasteiger partial charge in [-0.05, 0) is 24.6 Å². The van der Waals surface area contributed by atoms with Crippen molar-refractivity contribution >= 4 is 15.5 Å². The number of piperazine rings is 1. The fourth-order valence-corrected chi connectivity index (χ4v) is 5.19. The molecule has 1 aromatic rings. The van der Waals surface area contributed by atoms with Gasteiger partial charge in [0.1, 0.15) is 0 Å². The molecule has 5 nitrogen and oxygen atoms in total. The molecule has 3 rings (SSSR count). The van der Waals surface area contributed by atoms with Crippen molar-refractivity contribution in [1.29, 1.82) is 0 Å². The second-order valence-corrected chi connectivity index (χ2v) is 8.76. The minimum absolute atomic E-state index is 0.102. The van der Waals surface area contributed by atoms with E-state index >= 15 is 0 Å². The summed E-state index contributed by atoms with van der Waals surface area (Å²) < 4.78 is 23.1. The second-order valence-electron chi connectivity index (χ2n) is 6.53. The first-order valence-corrected chi connectivity index (χ1v) is 10.4. The Balaban J connectivity index is 1.62. The Morgan fingerprint density at radius 1 is 1.17 bits per heavy atom. The smallest absolute Gasteiger partial charge is 0.151 e. The van der Waals surface area contributed by atoms with Crippen LogP contribution in [0.3, 0.4) is 0 Å². The van der Waals surface area contributed by atoms with Crippen molar-refractivity contribution in [3.8, 4) is 0 Å². The first-order chi connectivity index (χ1) is 11.1. The Labute approximate surface area is 139 Å². The van der Waals surface area contributed by atoms with E-state index in [9.17, 15) is 8.42 Å². The molecule has 2 heterocycles. The maximum atomic E-state index is 11.6. The van der Waals surface area contributed by atoms with E-state index < -0.39 is 9.84 Å². The molecule has 0 saturated carbocycles. The van der Waals surface area contributed by atoms with Crippen LogP contribution in [-0.4, -0.2) is 63.6 Å². The van der Waals surface area contributed by atoms with Crippen molar-refractivity contribution < 1.29 is 8.42 Å². The van der Waals surface area contributed by atoms with E-state index in [1.165, 1.54) is 11.3 Å². The van der Waals surface area contributed by atoms with Crippen molar-refractivity contribution in [2.24, 2.45) is 0 Å². The first-order valence-electron chi connectivity index (χ1n) is 8.56. The lowest BCUT2D eigenvalue weighted by molar-refractivity contribution is 0.271. The Morgan fingerprint density at radius 3 is 2.57 bits per heavy atom. The van der Waals surface area contributed by atoms with E-state index in [0.717, 1.165) is 45.7 Å². The summed E-state index contributed by atoms with van der Waals surface area (Å²) >= 11 is 0. The highest BCUT2D eigenvalue weighted by atomic mass is 32.2. The van der Waals surface area contributed by atoms with Gasteiger partial charge in [-0.1, -0.05) is 25.1 Å². The van der Waals surface area contributed by atoms with Crippen molar-refractivity contribution in [2.75, 3.05) is 49.1 Å². The van der Waals surface area contributed by atoms with Gasteiger partial charge in [-0.15, -0.1) is 0 Å². The first kappa shape index (κ1) is 16.7. The van der Waals surface area contributed by atoms with Crippen LogP contribution < -0.4 is 10.2 Å². The molecule has 6 heteroatoms. The van der Waals surface area contributed by atoms with E-state index in [-0.39, 0.29) is 11.8 Å². The average Bonchev–Trinajstić information content (AvgIpc) is 2.92. The SMILES string of the molecule is CCN1CCN(c2ccccc2CNC2CCS(=O)(=O)C2)CC1. The summed E-state index contributed by atoms with van der Waals surface area (Å²) in [6.45, 7) is 8.41. The predicted molar refractivity (Wildman–Crippen MR) is 94.7 cm³/mol. The third-order valence-corrected chi connectivity index (χ3v) is 6.73. The molecule has 0 aliphatic carbocycles. The maximum absolute atomic E-state index is 11.6. The van der Waals surface area contributed by atoms with Crippen LogP contribution in [0.1, 0.15) is 18.9 Å².